The molecule has 0 radical (unpaired) electrons. The minimum absolute atomic E-state index is 0.508. The maximum Gasteiger partial charge on any atom is 0.143 e. The molecule has 0 amide bonds. The molecule has 0 saturated heterocycles. The summed E-state index contributed by atoms with van der Waals surface area (Å²) in [4.78, 5) is 4.61. The average Bonchev–Trinajstić information content (AvgIpc) is 3.72. The fourth-order valence-corrected chi connectivity index (χ4v) is 8.00. The molecule has 0 spiro atoms. The second kappa shape index (κ2) is 15.5. The Kier molecular flexibility index (Phi) is 9.34. The molecule has 9 aromatic rings. The summed E-state index contributed by atoms with van der Waals surface area (Å²) in [6.45, 7) is 0.508. The quantitative estimate of drug-likeness (QED) is 0.155. The smallest absolute Gasteiger partial charge is 0.143 e. The van der Waals surface area contributed by atoms with Crippen LogP contribution in [0.2, 0.25) is 0 Å². The second-order valence-corrected chi connectivity index (χ2v) is 14.4. The van der Waals surface area contributed by atoms with Crippen LogP contribution in [0.1, 0.15) is 11.1 Å². The Labute approximate surface area is 338 Å². The second-order valence-electron chi connectivity index (χ2n) is 14.4. The summed E-state index contributed by atoms with van der Waals surface area (Å²) in [5, 5.41) is 2.26. The molecule has 0 saturated carbocycles. The van der Waals surface area contributed by atoms with Gasteiger partial charge in [0.2, 0.25) is 0 Å². The normalized spacial score (nSPS) is 12.5. The molecule has 1 aliphatic rings. The SMILES string of the molecule is C1=CC(c2ccc(N(c3ccc(-c4cccc5c4oc4ccccc45)cc3)c3ccc(N(c4ccccc4)c4ccccc4)cc3)cc2)=CCOc2ccccc2C1. The van der Waals surface area contributed by atoms with Crippen LogP contribution in [-0.2, 0) is 6.42 Å². The van der Waals surface area contributed by atoms with Crippen LogP contribution in [0.4, 0.5) is 34.1 Å². The third kappa shape index (κ3) is 6.82. The van der Waals surface area contributed by atoms with Gasteiger partial charge in [-0.15, -0.1) is 0 Å². The van der Waals surface area contributed by atoms with Crippen molar-refractivity contribution >= 4 is 61.6 Å². The van der Waals surface area contributed by atoms with Gasteiger partial charge in [-0.3, -0.25) is 0 Å². The number of allylic oxidation sites excluding steroid dienone is 3. The van der Waals surface area contributed by atoms with E-state index in [1.165, 1.54) is 5.56 Å². The highest BCUT2D eigenvalue weighted by atomic mass is 16.5. The maximum atomic E-state index is 6.42. The van der Waals surface area contributed by atoms with E-state index in [-0.39, 0.29) is 0 Å². The first-order valence-electron chi connectivity index (χ1n) is 19.8. The molecular formula is C54H40N2O2. The zero-order valence-corrected chi connectivity index (χ0v) is 31.9. The summed E-state index contributed by atoms with van der Waals surface area (Å²) >= 11 is 0. The van der Waals surface area contributed by atoms with Gasteiger partial charge < -0.3 is 19.0 Å². The molecule has 1 aliphatic heterocycles. The molecular weight excluding hydrogens is 709 g/mol. The molecule has 0 aliphatic carbocycles. The first-order chi connectivity index (χ1) is 28.8. The summed E-state index contributed by atoms with van der Waals surface area (Å²) in [5.74, 6) is 0.942. The number of ether oxygens (including phenoxy) is 1. The van der Waals surface area contributed by atoms with Crippen LogP contribution >= 0.6 is 0 Å². The number of nitrogens with zero attached hydrogens (tertiary/aromatic N) is 2. The third-order valence-electron chi connectivity index (χ3n) is 10.8. The molecule has 0 fully saturated rings. The number of fused-ring (bicyclic) bond motifs is 4. The molecule has 278 valence electrons. The van der Waals surface area contributed by atoms with Crippen LogP contribution in [0.25, 0.3) is 38.6 Å². The van der Waals surface area contributed by atoms with Crippen LogP contribution in [0.15, 0.2) is 223 Å². The molecule has 8 aromatic carbocycles. The Morgan fingerprint density at radius 2 is 0.931 bits per heavy atom. The fraction of sp³-hybridized carbons (Fsp3) is 0.0370. The Bertz CT molecular complexity index is 2850. The maximum absolute atomic E-state index is 6.42. The van der Waals surface area contributed by atoms with Crippen molar-refractivity contribution in [1.82, 2.24) is 0 Å². The first-order valence-corrected chi connectivity index (χ1v) is 19.8. The summed E-state index contributed by atoms with van der Waals surface area (Å²) in [6, 6.07) is 70.4. The van der Waals surface area contributed by atoms with E-state index in [1.807, 2.05) is 24.3 Å². The zero-order valence-electron chi connectivity index (χ0n) is 31.9. The van der Waals surface area contributed by atoms with Gasteiger partial charge in [0.05, 0.1) is 0 Å². The highest BCUT2D eigenvalue weighted by Gasteiger charge is 2.18. The molecule has 58 heavy (non-hydrogen) atoms. The van der Waals surface area contributed by atoms with Gasteiger partial charge in [-0.25, -0.2) is 0 Å². The number of para-hydroxylation sites is 5. The average molecular weight is 749 g/mol. The molecule has 4 heteroatoms. The number of hydrogen-bond acceptors (Lipinski definition) is 4. The molecule has 0 atom stereocenters. The Morgan fingerprint density at radius 3 is 1.59 bits per heavy atom. The number of anilines is 6. The van der Waals surface area contributed by atoms with Crippen LogP contribution in [-0.4, -0.2) is 6.61 Å². The Hall–Kier alpha value is -7.56. The summed E-state index contributed by atoms with van der Waals surface area (Å²) in [5.41, 5.74) is 13.9. The molecule has 2 heterocycles. The third-order valence-corrected chi connectivity index (χ3v) is 10.8. The van der Waals surface area contributed by atoms with Crippen molar-refractivity contribution in [3.05, 3.63) is 230 Å². The lowest BCUT2D eigenvalue weighted by Gasteiger charge is -2.28. The van der Waals surface area contributed by atoms with Gasteiger partial charge in [-0.05, 0) is 120 Å². The van der Waals surface area contributed by atoms with Crippen LogP contribution in [0.5, 0.6) is 5.75 Å². The predicted octanol–water partition coefficient (Wildman–Crippen LogP) is 14.8. The Morgan fingerprint density at radius 1 is 0.414 bits per heavy atom. The van der Waals surface area contributed by atoms with E-state index in [2.05, 4.69) is 204 Å². The van der Waals surface area contributed by atoms with Gasteiger partial charge in [-0.1, -0.05) is 127 Å². The van der Waals surface area contributed by atoms with Gasteiger partial charge in [0.15, 0.2) is 0 Å². The largest absolute Gasteiger partial charge is 0.489 e. The highest BCUT2D eigenvalue weighted by Crippen LogP contribution is 2.41. The molecule has 0 unspecified atom stereocenters. The lowest BCUT2D eigenvalue weighted by atomic mass is 10.0. The van der Waals surface area contributed by atoms with Crippen molar-refractivity contribution in [3.63, 3.8) is 0 Å². The van der Waals surface area contributed by atoms with Crippen molar-refractivity contribution in [2.24, 2.45) is 0 Å². The number of furan rings is 1. The van der Waals surface area contributed by atoms with E-state index < -0.39 is 0 Å². The highest BCUT2D eigenvalue weighted by molar-refractivity contribution is 6.09. The topological polar surface area (TPSA) is 28.9 Å². The van der Waals surface area contributed by atoms with Crippen molar-refractivity contribution < 1.29 is 9.15 Å². The Balaban J connectivity index is 1.02. The van der Waals surface area contributed by atoms with Gasteiger partial charge in [0, 0.05) is 50.5 Å². The number of rotatable bonds is 8. The van der Waals surface area contributed by atoms with Crippen LogP contribution < -0.4 is 14.5 Å². The van der Waals surface area contributed by atoms with E-state index in [0.29, 0.717) is 6.61 Å². The van der Waals surface area contributed by atoms with E-state index in [1.54, 1.807) is 0 Å². The van der Waals surface area contributed by atoms with Gasteiger partial charge >= 0.3 is 0 Å². The summed E-state index contributed by atoms with van der Waals surface area (Å²) in [6.07, 6.45) is 7.42. The minimum Gasteiger partial charge on any atom is -0.489 e. The predicted molar refractivity (Wildman–Crippen MR) is 241 cm³/mol. The van der Waals surface area contributed by atoms with Crippen molar-refractivity contribution in [3.8, 4) is 16.9 Å². The summed E-state index contributed by atoms with van der Waals surface area (Å²) < 4.78 is 12.6. The minimum atomic E-state index is 0.508. The first kappa shape index (κ1) is 34.9. The monoisotopic (exact) mass is 748 g/mol. The van der Waals surface area contributed by atoms with Crippen molar-refractivity contribution in [1.29, 1.82) is 0 Å². The fourth-order valence-electron chi connectivity index (χ4n) is 8.00. The van der Waals surface area contributed by atoms with E-state index in [0.717, 1.165) is 90.5 Å². The summed E-state index contributed by atoms with van der Waals surface area (Å²) in [7, 11) is 0. The zero-order chi connectivity index (χ0) is 38.7. The number of hydrogen-bond donors (Lipinski definition) is 0. The standard InChI is InChI=1S/C54H40N2O2/c1-3-16-43(17-4-1)55(44-18-5-2-6-19-44)47-33-35-48(36-34-47)56(45-29-25-40(26-30-45)39-14-11-15-42-13-7-9-23-52(42)57-38-37-39)46-31-27-41(28-32-46)49-21-12-22-51-50-20-8-10-24-53(50)58-54(49)51/h1-14,16-37H,15,38H2. The van der Waals surface area contributed by atoms with Gasteiger partial charge in [-0.2, -0.15) is 0 Å². The van der Waals surface area contributed by atoms with Gasteiger partial charge in [0.25, 0.3) is 0 Å². The van der Waals surface area contributed by atoms with Crippen LogP contribution in [0, 0.1) is 0 Å². The lowest BCUT2D eigenvalue weighted by Crippen LogP contribution is -2.12. The van der Waals surface area contributed by atoms with Crippen LogP contribution in [0.3, 0.4) is 0 Å². The van der Waals surface area contributed by atoms with Crippen molar-refractivity contribution in [2.45, 2.75) is 6.42 Å². The van der Waals surface area contributed by atoms with E-state index >= 15 is 0 Å². The van der Waals surface area contributed by atoms with Gasteiger partial charge in [0.1, 0.15) is 23.5 Å². The molecule has 4 nitrogen and oxygen atoms in total. The molecule has 1 aromatic heterocycles. The van der Waals surface area contributed by atoms with E-state index in [9.17, 15) is 0 Å². The number of benzene rings is 8. The van der Waals surface area contributed by atoms with E-state index in [4.69, 9.17) is 9.15 Å². The molecule has 10 rings (SSSR count). The molecule has 0 N–H and O–H groups in total. The van der Waals surface area contributed by atoms with Crippen molar-refractivity contribution in [2.75, 3.05) is 16.4 Å². The molecule has 0 bridgehead atoms. The lowest BCUT2D eigenvalue weighted by molar-refractivity contribution is 0.360.